The van der Waals surface area contributed by atoms with E-state index in [0.29, 0.717) is 6.42 Å². The number of hydrogen-bond acceptors (Lipinski definition) is 12. The van der Waals surface area contributed by atoms with Gasteiger partial charge in [-0.2, -0.15) is 0 Å². The molecule has 0 saturated carbocycles. The summed E-state index contributed by atoms with van der Waals surface area (Å²) < 4.78 is 19.9. The van der Waals surface area contributed by atoms with Crippen molar-refractivity contribution in [3.05, 3.63) is 0 Å². The van der Waals surface area contributed by atoms with Crippen molar-refractivity contribution in [2.24, 2.45) is 0 Å². The number of carbonyl (C=O) groups excluding carboxylic acids is 3. The molecule has 0 spiro atoms. The second-order valence-electron chi connectivity index (χ2n) is 7.18. The van der Waals surface area contributed by atoms with Gasteiger partial charge in [0, 0.05) is 6.42 Å². The highest BCUT2D eigenvalue weighted by Crippen LogP contribution is 2.26. The van der Waals surface area contributed by atoms with Crippen LogP contribution in [-0.2, 0) is 33.3 Å². The van der Waals surface area contributed by atoms with Crippen molar-refractivity contribution < 1.29 is 58.9 Å². The number of esters is 2. The monoisotopic (exact) mass is 436 g/mol. The molecule has 8 atom stereocenters. The molecule has 172 valence electrons. The topological polar surface area (TPSA) is 189 Å². The summed E-state index contributed by atoms with van der Waals surface area (Å²) in [6.45, 7) is 0.679. The number of cyclic esters (lactones) is 1. The summed E-state index contributed by atoms with van der Waals surface area (Å²) in [5, 5.41) is 48.7. The Morgan fingerprint density at radius 3 is 2.47 bits per heavy atom. The highest BCUT2D eigenvalue weighted by Gasteiger charge is 2.52. The first kappa shape index (κ1) is 24.6. The number of aliphatic hydroxyl groups excluding tert-OH is 5. The van der Waals surface area contributed by atoms with Gasteiger partial charge in [0.05, 0.1) is 6.61 Å². The fraction of sp³-hybridized carbons (Fsp3) is 0.833. The normalized spacial score (nSPS) is 35.2. The third kappa shape index (κ3) is 5.72. The molecule has 2 saturated heterocycles. The molecule has 0 aromatic carbocycles. The summed E-state index contributed by atoms with van der Waals surface area (Å²) in [5.74, 6) is -2.73. The number of unbranched alkanes of at least 4 members (excludes halogenated alkanes) is 2. The van der Waals surface area contributed by atoms with Gasteiger partial charge in [0.2, 0.25) is 11.9 Å². The van der Waals surface area contributed by atoms with Crippen molar-refractivity contribution in [2.45, 2.75) is 81.6 Å². The smallest absolute Gasteiger partial charge is 0.344 e. The van der Waals surface area contributed by atoms with Crippen LogP contribution >= 0.6 is 0 Å². The van der Waals surface area contributed by atoms with Crippen LogP contribution in [0.1, 0.15) is 32.6 Å². The standard InChI is InChI=1S/C18H28O12/c1-2-3-4-5-10(21)27-7-8(20)15-14(25)16(17(26)29-15)30-18-13(24)12(23)11(22)9(6-19)28-18/h8-9,11-13,15-16,18-20,22-24H,2-7H2,1H3/t8-,9-,11-,12+,13-,15?,16?,18-/m1/s1. The fourth-order valence-corrected chi connectivity index (χ4v) is 3.07. The quantitative estimate of drug-likeness (QED) is 0.134. The molecule has 2 unspecified atom stereocenters. The Labute approximate surface area is 172 Å². The first-order valence-corrected chi connectivity index (χ1v) is 9.75. The SMILES string of the molecule is CCCCCC(=O)OC[C@@H](O)C1OC(=O)C(O[C@H]2O[C@H](CO)[C@@H](O)[C@H](O)[C@H]2O)C1=O. The van der Waals surface area contributed by atoms with Crippen molar-refractivity contribution in [1.82, 2.24) is 0 Å². The van der Waals surface area contributed by atoms with E-state index in [1.54, 1.807) is 0 Å². The average molecular weight is 436 g/mol. The maximum absolute atomic E-state index is 12.4. The summed E-state index contributed by atoms with van der Waals surface area (Å²) in [5.41, 5.74) is 0. The van der Waals surface area contributed by atoms with E-state index in [0.717, 1.165) is 12.8 Å². The summed E-state index contributed by atoms with van der Waals surface area (Å²) in [6, 6.07) is 0. The number of rotatable bonds is 10. The van der Waals surface area contributed by atoms with Crippen molar-refractivity contribution in [3.8, 4) is 0 Å². The van der Waals surface area contributed by atoms with Gasteiger partial charge in [0.1, 0.15) is 37.1 Å². The molecule has 2 aliphatic heterocycles. The van der Waals surface area contributed by atoms with Crippen LogP contribution in [0.25, 0.3) is 0 Å². The molecule has 12 heteroatoms. The molecule has 0 radical (unpaired) electrons. The molecular weight excluding hydrogens is 408 g/mol. The minimum Gasteiger partial charge on any atom is -0.463 e. The summed E-state index contributed by atoms with van der Waals surface area (Å²) >= 11 is 0. The third-order valence-corrected chi connectivity index (χ3v) is 4.86. The number of aliphatic hydroxyl groups is 5. The molecule has 2 rings (SSSR count). The van der Waals surface area contributed by atoms with Gasteiger partial charge in [-0.05, 0) is 6.42 Å². The summed E-state index contributed by atoms with van der Waals surface area (Å²) in [4.78, 5) is 36.0. The van der Waals surface area contributed by atoms with Crippen LogP contribution in [0.5, 0.6) is 0 Å². The molecule has 0 aliphatic carbocycles. The van der Waals surface area contributed by atoms with Gasteiger partial charge >= 0.3 is 11.9 Å². The predicted octanol–water partition coefficient (Wildman–Crippen LogP) is -2.85. The van der Waals surface area contributed by atoms with Gasteiger partial charge in [-0.25, -0.2) is 4.79 Å². The zero-order valence-electron chi connectivity index (χ0n) is 16.5. The van der Waals surface area contributed by atoms with Crippen LogP contribution in [0, 0.1) is 0 Å². The van der Waals surface area contributed by atoms with Crippen LogP contribution in [-0.4, -0.2) is 105 Å². The second kappa shape index (κ2) is 11.1. The Morgan fingerprint density at radius 1 is 1.13 bits per heavy atom. The highest BCUT2D eigenvalue weighted by molar-refractivity contribution is 6.09. The van der Waals surface area contributed by atoms with Crippen LogP contribution in [0.4, 0.5) is 0 Å². The lowest BCUT2D eigenvalue weighted by Gasteiger charge is -2.39. The molecule has 0 amide bonds. The zero-order valence-corrected chi connectivity index (χ0v) is 16.5. The predicted molar refractivity (Wildman–Crippen MR) is 94.6 cm³/mol. The van der Waals surface area contributed by atoms with Gasteiger partial charge in [0.25, 0.3) is 0 Å². The van der Waals surface area contributed by atoms with E-state index in [1.807, 2.05) is 6.92 Å². The van der Waals surface area contributed by atoms with Crippen LogP contribution < -0.4 is 0 Å². The average Bonchev–Trinajstić information content (AvgIpc) is 3.00. The largest absolute Gasteiger partial charge is 0.463 e. The fourth-order valence-electron chi connectivity index (χ4n) is 3.07. The maximum atomic E-state index is 12.4. The van der Waals surface area contributed by atoms with Crippen molar-refractivity contribution in [3.63, 3.8) is 0 Å². The molecule has 2 aliphatic rings. The van der Waals surface area contributed by atoms with E-state index in [4.69, 9.17) is 24.1 Å². The van der Waals surface area contributed by atoms with E-state index in [9.17, 15) is 34.8 Å². The number of carbonyl (C=O) groups is 3. The lowest BCUT2D eigenvalue weighted by Crippen LogP contribution is -2.60. The van der Waals surface area contributed by atoms with Crippen molar-refractivity contribution in [1.29, 1.82) is 0 Å². The third-order valence-electron chi connectivity index (χ3n) is 4.86. The second-order valence-corrected chi connectivity index (χ2v) is 7.18. The van der Waals surface area contributed by atoms with Crippen LogP contribution in [0.15, 0.2) is 0 Å². The van der Waals surface area contributed by atoms with Gasteiger partial charge < -0.3 is 44.5 Å². The van der Waals surface area contributed by atoms with E-state index in [-0.39, 0.29) is 6.42 Å². The lowest BCUT2D eigenvalue weighted by atomic mass is 9.99. The van der Waals surface area contributed by atoms with Crippen molar-refractivity contribution in [2.75, 3.05) is 13.2 Å². The van der Waals surface area contributed by atoms with Gasteiger partial charge in [-0.15, -0.1) is 0 Å². The Morgan fingerprint density at radius 2 is 1.83 bits per heavy atom. The molecule has 0 aromatic rings. The number of ether oxygens (including phenoxy) is 4. The van der Waals surface area contributed by atoms with E-state index in [2.05, 4.69) is 0 Å². The molecule has 12 nitrogen and oxygen atoms in total. The van der Waals surface area contributed by atoms with Crippen LogP contribution in [0.3, 0.4) is 0 Å². The molecule has 30 heavy (non-hydrogen) atoms. The Balaban J connectivity index is 1.91. The van der Waals surface area contributed by atoms with Gasteiger partial charge in [0.15, 0.2) is 12.4 Å². The first-order valence-electron chi connectivity index (χ1n) is 9.75. The number of ketones is 1. The molecular formula is C18H28O12. The van der Waals surface area contributed by atoms with Crippen LogP contribution in [0.2, 0.25) is 0 Å². The number of Topliss-reactive ketones (excluding diaryl/α,β-unsaturated/α-hetero) is 1. The van der Waals surface area contributed by atoms with Gasteiger partial charge in [-0.1, -0.05) is 19.8 Å². The molecule has 2 heterocycles. The summed E-state index contributed by atoms with van der Waals surface area (Å²) in [7, 11) is 0. The van der Waals surface area contributed by atoms with Crippen molar-refractivity contribution >= 4 is 17.7 Å². The van der Waals surface area contributed by atoms with Gasteiger partial charge in [-0.3, -0.25) is 9.59 Å². The van der Waals surface area contributed by atoms with E-state index in [1.165, 1.54) is 0 Å². The minimum absolute atomic E-state index is 0.155. The zero-order chi connectivity index (χ0) is 22.4. The number of hydrogen-bond donors (Lipinski definition) is 5. The molecule has 2 fully saturated rings. The Kier molecular flexibility index (Phi) is 9.09. The Hall–Kier alpha value is -1.67. The van der Waals surface area contributed by atoms with E-state index < -0.39 is 80.0 Å². The molecule has 0 bridgehead atoms. The first-order chi connectivity index (χ1) is 14.2. The lowest BCUT2D eigenvalue weighted by molar-refractivity contribution is -0.305. The molecule has 5 N–H and O–H groups in total. The highest BCUT2D eigenvalue weighted by atomic mass is 16.7. The minimum atomic E-state index is -1.88. The molecule has 0 aromatic heterocycles. The maximum Gasteiger partial charge on any atom is 0.344 e. The Bertz CT molecular complexity index is 608. The van der Waals surface area contributed by atoms with E-state index >= 15 is 0 Å². The summed E-state index contributed by atoms with van der Waals surface area (Å²) in [6.07, 6.45) is -10.9.